The van der Waals surface area contributed by atoms with Gasteiger partial charge < -0.3 is 15.5 Å². The highest BCUT2D eigenvalue weighted by Crippen LogP contribution is 2.30. The van der Waals surface area contributed by atoms with Gasteiger partial charge in [-0.1, -0.05) is 23.5 Å². The molecular formula is C13H15N5OS. The zero-order chi connectivity index (χ0) is 13.9. The maximum atomic E-state index is 11.7. The summed E-state index contributed by atoms with van der Waals surface area (Å²) in [7, 11) is 0. The number of para-hydroxylation sites is 2. The van der Waals surface area contributed by atoms with Crippen LogP contribution in [0, 0.1) is 0 Å². The van der Waals surface area contributed by atoms with E-state index in [1.807, 2.05) is 36.1 Å². The van der Waals surface area contributed by atoms with E-state index in [0.717, 1.165) is 28.1 Å². The molecule has 20 heavy (non-hydrogen) atoms. The minimum absolute atomic E-state index is 0.000113. The molecule has 1 aromatic heterocycles. The second-order valence-corrected chi connectivity index (χ2v) is 5.51. The van der Waals surface area contributed by atoms with Crippen LogP contribution in [0.3, 0.4) is 0 Å². The number of hydrogen-bond donors (Lipinski definition) is 2. The summed E-state index contributed by atoms with van der Waals surface area (Å²) in [5.74, 6) is 0.000113. The van der Waals surface area contributed by atoms with Gasteiger partial charge in [-0.2, -0.15) is 0 Å². The fraction of sp³-hybridized carbons (Fsp3) is 0.308. The van der Waals surface area contributed by atoms with E-state index in [1.165, 1.54) is 11.3 Å². The maximum absolute atomic E-state index is 11.7. The predicted molar refractivity (Wildman–Crippen MR) is 80.2 cm³/mol. The zero-order valence-corrected chi connectivity index (χ0v) is 11.9. The molecule has 0 aliphatic carbocycles. The third kappa shape index (κ3) is 2.57. The van der Waals surface area contributed by atoms with Crippen LogP contribution in [-0.4, -0.2) is 29.2 Å². The molecule has 0 saturated carbocycles. The molecule has 1 aliphatic rings. The first kappa shape index (κ1) is 12.9. The number of benzene rings is 1. The van der Waals surface area contributed by atoms with Crippen LogP contribution < -0.4 is 15.5 Å². The number of rotatable bonds is 4. The summed E-state index contributed by atoms with van der Waals surface area (Å²) >= 11 is 1.52. The fourth-order valence-electron chi connectivity index (χ4n) is 2.15. The van der Waals surface area contributed by atoms with Crippen LogP contribution in [0.25, 0.3) is 0 Å². The van der Waals surface area contributed by atoms with Crippen molar-refractivity contribution in [1.29, 1.82) is 0 Å². The number of hydrogen-bond acceptors (Lipinski definition) is 6. The number of fused-ring (bicyclic) bond motifs is 1. The quantitative estimate of drug-likeness (QED) is 0.900. The van der Waals surface area contributed by atoms with Gasteiger partial charge in [0.1, 0.15) is 5.01 Å². The lowest BCUT2D eigenvalue weighted by atomic mass is 10.2. The Labute approximate surface area is 120 Å². The van der Waals surface area contributed by atoms with Gasteiger partial charge in [-0.05, 0) is 19.1 Å². The van der Waals surface area contributed by atoms with Gasteiger partial charge in [-0.15, -0.1) is 10.2 Å². The molecule has 0 bridgehead atoms. The summed E-state index contributed by atoms with van der Waals surface area (Å²) in [6, 6.07) is 7.79. The van der Waals surface area contributed by atoms with E-state index < -0.39 is 0 Å². The van der Waals surface area contributed by atoms with Gasteiger partial charge in [0.15, 0.2) is 0 Å². The standard InChI is InChI=1S/C13H15N5OS/c1-2-14-13-17-16-12(20-13)8-18-7-11(19)15-9-5-3-4-6-10(9)18/h3-6H,2,7-8H2,1H3,(H,14,17)(H,15,19). The molecule has 2 aromatic rings. The van der Waals surface area contributed by atoms with Crippen molar-refractivity contribution in [2.75, 3.05) is 28.6 Å². The molecular weight excluding hydrogens is 274 g/mol. The van der Waals surface area contributed by atoms with Crippen molar-refractivity contribution in [2.45, 2.75) is 13.5 Å². The number of anilines is 3. The monoisotopic (exact) mass is 289 g/mol. The highest BCUT2D eigenvalue weighted by Gasteiger charge is 2.22. The maximum Gasteiger partial charge on any atom is 0.243 e. The fourth-order valence-corrected chi connectivity index (χ4v) is 2.97. The summed E-state index contributed by atoms with van der Waals surface area (Å²) in [5, 5.41) is 16.0. The molecule has 1 aromatic carbocycles. The van der Waals surface area contributed by atoms with E-state index in [9.17, 15) is 4.79 Å². The average molecular weight is 289 g/mol. The van der Waals surface area contributed by atoms with Crippen molar-refractivity contribution < 1.29 is 4.79 Å². The largest absolute Gasteiger partial charge is 0.360 e. The van der Waals surface area contributed by atoms with Crippen LogP contribution in [0.4, 0.5) is 16.5 Å². The molecule has 2 N–H and O–H groups in total. The van der Waals surface area contributed by atoms with E-state index in [4.69, 9.17) is 0 Å². The summed E-state index contributed by atoms with van der Waals surface area (Å²) in [4.78, 5) is 13.8. The van der Waals surface area contributed by atoms with E-state index in [2.05, 4.69) is 20.8 Å². The second-order valence-electron chi connectivity index (χ2n) is 4.45. The normalized spacial score (nSPS) is 13.8. The predicted octanol–water partition coefficient (Wildman–Crippen LogP) is 1.93. The summed E-state index contributed by atoms with van der Waals surface area (Å²) in [6.07, 6.45) is 0. The number of nitrogens with zero attached hydrogens (tertiary/aromatic N) is 3. The van der Waals surface area contributed by atoms with Crippen molar-refractivity contribution in [3.05, 3.63) is 29.3 Å². The molecule has 1 amide bonds. The smallest absolute Gasteiger partial charge is 0.243 e. The van der Waals surface area contributed by atoms with Crippen molar-refractivity contribution in [2.24, 2.45) is 0 Å². The first-order valence-corrected chi connectivity index (χ1v) is 7.28. The number of amides is 1. The lowest BCUT2D eigenvalue weighted by Gasteiger charge is -2.29. The van der Waals surface area contributed by atoms with Gasteiger partial charge in [0.05, 0.1) is 24.5 Å². The van der Waals surface area contributed by atoms with Crippen molar-refractivity contribution in [3.8, 4) is 0 Å². The Morgan fingerprint density at radius 2 is 2.25 bits per heavy atom. The summed E-state index contributed by atoms with van der Waals surface area (Å²) in [5.41, 5.74) is 1.87. The first-order valence-electron chi connectivity index (χ1n) is 6.46. The number of nitrogens with one attached hydrogen (secondary N) is 2. The molecule has 0 radical (unpaired) electrons. The molecule has 3 rings (SSSR count). The SMILES string of the molecule is CCNc1nnc(CN2CC(=O)Nc3ccccc32)s1. The number of carbonyl (C=O) groups excluding carboxylic acids is 1. The van der Waals surface area contributed by atoms with Crippen LogP contribution >= 0.6 is 11.3 Å². The topological polar surface area (TPSA) is 70.2 Å². The van der Waals surface area contributed by atoms with E-state index in [1.54, 1.807) is 0 Å². The second kappa shape index (κ2) is 5.46. The highest BCUT2D eigenvalue weighted by molar-refractivity contribution is 7.15. The van der Waals surface area contributed by atoms with Gasteiger partial charge in [0.25, 0.3) is 0 Å². The Hall–Kier alpha value is -2.15. The van der Waals surface area contributed by atoms with Crippen molar-refractivity contribution in [1.82, 2.24) is 10.2 Å². The molecule has 0 unspecified atom stereocenters. The molecule has 1 aliphatic heterocycles. The molecule has 6 nitrogen and oxygen atoms in total. The zero-order valence-electron chi connectivity index (χ0n) is 11.1. The van der Waals surface area contributed by atoms with Gasteiger partial charge in [0, 0.05) is 6.54 Å². The Bertz CT molecular complexity index is 627. The molecule has 0 saturated heterocycles. The third-order valence-corrected chi connectivity index (χ3v) is 3.84. The number of carbonyl (C=O) groups is 1. The lowest BCUT2D eigenvalue weighted by molar-refractivity contribution is -0.115. The minimum atomic E-state index is 0.000113. The van der Waals surface area contributed by atoms with Gasteiger partial charge in [0.2, 0.25) is 11.0 Å². The molecule has 104 valence electrons. The van der Waals surface area contributed by atoms with Gasteiger partial charge >= 0.3 is 0 Å². The molecule has 0 spiro atoms. The highest BCUT2D eigenvalue weighted by atomic mass is 32.1. The van der Waals surface area contributed by atoms with Crippen molar-refractivity contribution in [3.63, 3.8) is 0 Å². The molecule has 2 heterocycles. The summed E-state index contributed by atoms with van der Waals surface area (Å²) in [6.45, 7) is 3.77. The van der Waals surface area contributed by atoms with Crippen molar-refractivity contribution >= 4 is 33.8 Å². The van der Waals surface area contributed by atoms with Crippen LogP contribution in [0.15, 0.2) is 24.3 Å². The van der Waals surface area contributed by atoms with Crippen LogP contribution in [0.1, 0.15) is 11.9 Å². The number of aromatic nitrogens is 2. The lowest BCUT2D eigenvalue weighted by Crippen LogP contribution is -2.37. The molecule has 7 heteroatoms. The van der Waals surface area contributed by atoms with Crippen LogP contribution in [0.2, 0.25) is 0 Å². The van der Waals surface area contributed by atoms with Crippen LogP contribution in [0.5, 0.6) is 0 Å². The minimum Gasteiger partial charge on any atom is -0.360 e. The first-order chi connectivity index (χ1) is 9.76. The Morgan fingerprint density at radius 3 is 3.10 bits per heavy atom. The van der Waals surface area contributed by atoms with E-state index in [0.29, 0.717) is 13.1 Å². The Kier molecular flexibility index (Phi) is 3.51. The van der Waals surface area contributed by atoms with Gasteiger partial charge in [-0.3, -0.25) is 4.79 Å². The van der Waals surface area contributed by atoms with Crippen LogP contribution in [-0.2, 0) is 11.3 Å². The average Bonchev–Trinajstić information content (AvgIpc) is 2.86. The Balaban J connectivity index is 1.81. The van der Waals surface area contributed by atoms with E-state index >= 15 is 0 Å². The van der Waals surface area contributed by atoms with Gasteiger partial charge in [-0.25, -0.2) is 0 Å². The third-order valence-electron chi connectivity index (χ3n) is 2.97. The molecule has 0 atom stereocenters. The Morgan fingerprint density at radius 1 is 1.40 bits per heavy atom. The van der Waals surface area contributed by atoms with E-state index in [-0.39, 0.29) is 5.91 Å². The summed E-state index contributed by atoms with van der Waals surface area (Å²) < 4.78 is 0. The molecule has 0 fully saturated rings.